The normalized spacial score (nSPS) is 10.3. The summed E-state index contributed by atoms with van der Waals surface area (Å²) in [5.41, 5.74) is 1.64. The summed E-state index contributed by atoms with van der Waals surface area (Å²) in [5, 5.41) is 19.1. The van der Waals surface area contributed by atoms with Crippen molar-refractivity contribution in [1.29, 1.82) is 5.26 Å². The number of phenols is 1. The number of aromatic hydroxyl groups is 1. The Morgan fingerprint density at radius 1 is 1.07 bits per heavy atom. The number of hydrogen-bond donors (Lipinski definition) is 1. The van der Waals surface area contributed by atoms with E-state index >= 15 is 0 Å². The summed E-state index contributed by atoms with van der Waals surface area (Å²) in [5.74, 6) is 1.25. The molecule has 5 nitrogen and oxygen atoms in total. The van der Waals surface area contributed by atoms with E-state index in [0.29, 0.717) is 42.1 Å². The van der Waals surface area contributed by atoms with E-state index in [-0.39, 0.29) is 11.5 Å². The molecule has 1 N–H and O–H groups in total. The fourth-order valence-corrected chi connectivity index (χ4v) is 2.73. The summed E-state index contributed by atoms with van der Waals surface area (Å²) >= 11 is 0. The minimum absolute atomic E-state index is 0.0333. The van der Waals surface area contributed by atoms with Crippen LogP contribution in [0.15, 0.2) is 36.4 Å². The number of unbranched alkanes of at least 4 members (excludes halogenated alkanes) is 1. The van der Waals surface area contributed by atoms with Crippen LogP contribution in [-0.2, 0) is 6.42 Å². The van der Waals surface area contributed by atoms with Crippen LogP contribution >= 0.6 is 0 Å². The molecule has 5 heteroatoms. The molecule has 0 amide bonds. The highest BCUT2D eigenvalue weighted by Crippen LogP contribution is 2.33. The summed E-state index contributed by atoms with van der Waals surface area (Å²) in [6.45, 7) is 4.53. The molecule has 0 heterocycles. The van der Waals surface area contributed by atoms with Gasteiger partial charge in [-0.15, -0.1) is 0 Å². The molecule has 0 fully saturated rings. The first-order chi connectivity index (χ1) is 13.1. The average molecular weight is 367 g/mol. The summed E-state index contributed by atoms with van der Waals surface area (Å²) in [6, 6.07) is 12.5. The predicted molar refractivity (Wildman–Crippen MR) is 103 cm³/mol. The molecule has 0 aliphatic carbocycles. The molecule has 27 heavy (non-hydrogen) atoms. The van der Waals surface area contributed by atoms with Crippen LogP contribution < -0.4 is 9.47 Å². The van der Waals surface area contributed by atoms with E-state index in [4.69, 9.17) is 14.7 Å². The van der Waals surface area contributed by atoms with Crippen molar-refractivity contribution in [2.45, 2.75) is 39.5 Å². The second-order valence-electron chi connectivity index (χ2n) is 6.28. The number of benzene rings is 2. The fraction of sp³-hybridized carbons (Fsp3) is 0.364. The molecule has 2 aromatic carbocycles. The maximum absolute atomic E-state index is 11.6. The van der Waals surface area contributed by atoms with Gasteiger partial charge in [0.15, 0.2) is 5.78 Å². The smallest absolute Gasteiger partial charge is 0.163 e. The molecule has 142 valence electrons. The lowest BCUT2D eigenvalue weighted by Crippen LogP contribution is -2.05. The molecule has 2 aromatic rings. The van der Waals surface area contributed by atoms with Gasteiger partial charge in [-0.25, -0.2) is 0 Å². The highest BCUT2D eigenvalue weighted by molar-refractivity contribution is 5.97. The molecule has 0 bridgehead atoms. The Morgan fingerprint density at radius 2 is 1.74 bits per heavy atom. The van der Waals surface area contributed by atoms with Crippen molar-refractivity contribution in [3.05, 3.63) is 53.1 Å². The zero-order chi connectivity index (χ0) is 19.6. The van der Waals surface area contributed by atoms with Gasteiger partial charge in [0.25, 0.3) is 0 Å². The van der Waals surface area contributed by atoms with E-state index in [9.17, 15) is 9.90 Å². The first kappa shape index (κ1) is 20.3. The minimum atomic E-state index is -0.156. The number of rotatable bonds is 10. The van der Waals surface area contributed by atoms with Gasteiger partial charge in [0, 0.05) is 5.56 Å². The van der Waals surface area contributed by atoms with E-state index in [1.165, 1.54) is 6.92 Å². The van der Waals surface area contributed by atoms with Crippen LogP contribution in [0.25, 0.3) is 0 Å². The average Bonchev–Trinajstić information content (AvgIpc) is 2.67. The van der Waals surface area contributed by atoms with Gasteiger partial charge in [-0.1, -0.05) is 13.3 Å². The first-order valence-corrected chi connectivity index (χ1v) is 9.18. The summed E-state index contributed by atoms with van der Waals surface area (Å²) < 4.78 is 11.5. The second-order valence-corrected chi connectivity index (χ2v) is 6.28. The number of Topliss-reactive ketones (excluding diaryl/α,β-unsaturated/α-hetero) is 1. The first-order valence-electron chi connectivity index (χ1n) is 9.18. The van der Waals surface area contributed by atoms with Crippen molar-refractivity contribution in [2.75, 3.05) is 13.2 Å². The third kappa shape index (κ3) is 5.75. The molecule has 0 saturated heterocycles. The third-order valence-corrected chi connectivity index (χ3v) is 4.17. The zero-order valence-corrected chi connectivity index (χ0v) is 15.8. The van der Waals surface area contributed by atoms with E-state index in [1.807, 2.05) is 6.92 Å². The Hall–Kier alpha value is -3.00. The van der Waals surface area contributed by atoms with Gasteiger partial charge in [0.1, 0.15) is 17.2 Å². The summed E-state index contributed by atoms with van der Waals surface area (Å²) in [4.78, 5) is 11.6. The van der Waals surface area contributed by atoms with Crippen LogP contribution in [0.5, 0.6) is 17.2 Å². The fourth-order valence-electron chi connectivity index (χ4n) is 2.73. The monoisotopic (exact) mass is 367 g/mol. The number of carbonyl (C=O) groups excluding carboxylic acids is 1. The second kappa shape index (κ2) is 10.2. The maximum atomic E-state index is 11.6. The number of hydrogen-bond acceptors (Lipinski definition) is 5. The number of phenolic OH excluding ortho intramolecular Hbond substituents is 1. The van der Waals surface area contributed by atoms with Crippen LogP contribution in [-0.4, -0.2) is 24.1 Å². The van der Waals surface area contributed by atoms with Crippen LogP contribution in [0.4, 0.5) is 0 Å². The van der Waals surface area contributed by atoms with Crippen LogP contribution in [0, 0.1) is 11.3 Å². The van der Waals surface area contributed by atoms with Crippen molar-refractivity contribution < 1.29 is 19.4 Å². The molecule has 0 aromatic heterocycles. The summed E-state index contributed by atoms with van der Waals surface area (Å²) in [6.07, 6.45) is 3.13. The third-order valence-electron chi connectivity index (χ3n) is 4.17. The zero-order valence-electron chi connectivity index (χ0n) is 15.8. The van der Waals surface area contributed by atoms with E-state index in [2.05, 4.69) is 6.07 Å². The Kier molecular flexibility index (Phi) is 7.69. The van der Waals surface area contributed by atoms with Crippen LogP contribution in [0.3, 0.4) is 0 Å². The Morgan fingerprint density at radius 3 is 2.33 bits per heavy atom. The summed E-state index contributed by atoms with van der Waals surface area (Å²) in [7, 11) is 0. The van der Waals surface area contributed by atoms with Crippen LogP contribution in [0.2, 0.25) is 0 Å². The topological polar surface area (TPSA) is 79.5 Å². The molecular formula is C22H25NO4. The lowest BCUT2D eigenvalue weighted by molar-refractivity contribution is 0.101. The molecule has 2 rings (SSSR count). The number of nitriles is 1. The minimum Gasteiger partial charge on any atom is -0.507 e. The van der Waals surface area contributed by atoms with E-state index < -0.39 is 0 Å². The van der Waals surface area contributed by atoms with Crippen molar-refractivity contribution in [3.63, 3.8) is 0 Å². The maximum Gasteiger partial charge on any atom is 0.163 e. The predicted octanol–water partition coefficient (Wildman–Crippen LogP) is 4.66. The molecular weight excluding hydrogens is 342 g/mol. The van der Waals surface area contributed by atoms with Crippen LogP contribution in [0.1, 0.15) is 54.6 Å². The number of ketones is 1. The van der Waals surface area contributed by atoms with Crippen molar-refractivity contribution in [2.24, 2.45) is 0 Å². The lowest BCUT2D eigenvalue weighted by atomic mass is 10.0. The molecule has 0 radical (unpaired) electrons. The van der Waals surface area contributed by atoms with E-state index in [0.717, 1.165) is 25.0 Å². The molecule has 0 unspecified atom stereocenters. The number of nitrogens with zero attached hydrogens (tertiary/aromatic N) is 1. The SMILES string of the molecule is CCCc1c(OCCCCOc2ccc(C#N)cc2)ccc(C(C)=O)c1O. The Bertz CT molecular complexity index is 806. The Labute approximate surface area is 160 Å². The van der Waals surface area contributed by atoms with Gasteiger partial charge in [-0.05, 0) is 62.6 Å². The largest absolute Gasteiger partial charge is 0.507 e. The highest BCUT2D eigenvalue weighted by atomic mass is 16.5. The molecule has 0 saturated carbocycles. The molecule has 0 aliphatic rings. The quantitative estimate of drug-likeness (QED) is 0.488. The van der Waals surface area contributed by atoms with Gasteiger partial charge < -0.3 is 14.6 Å². The Balaban J connectivity index is 1.81. The van der Waals surface area contributed by atoms with Crippen molar-refractivity contribution >= 4 is 5.78 Å². The van der Waals surface area contributed by atoms with Gasteiger partial charge in [-0.3, -0.25) is 4.79 Å². The van der Waals surface area contributed by atoms with E-state index in [1.54, 1.807) is 36.4 Å². The molecule has 0 spiro atoms. The van der Waals surface area contributed by atoms with Gasteiger partial charge in [-0.2, -0.15) is 5.26 Å². The number of carbonyl (C=O) groups is 1. The van der Waals surface area contributed by atoms with Gasteiger partial charge in [0.2, 0.25) is 0 Å². The molecule has 0 aliphatic heterocycles. The standard InChI is InChI=1S/C22H25NO4/c1-3-6-20-21(12-11-19(16(2)24)22(20)25)27-14-5-4-13-26-18-9-7-17(15-23)8-10-18/h7-12,25H,3-6,13-14H2,1-2H3. The van der Waals surface area contributed by atoms with Gasteiger partial charge >= 0.3 is 0 Å². The number of ether oxygens (including phenoxy) is 2. The van der Waals surface area contributed by atoms with Crippen molar-refractivity contribution in [3.8, 4) is 23.3 Å². The highest BCUT2D eigenvalue weighted by Gasteiger charge is 2.15. The van der Waals surface area contributed by atoms with Crippen molar-refractivity contribution in [1.82, 2.24) is 0 Å². The molecule has 0 atom stereocenters. The van der Waals surface area contributed by atoms with Gasteiger partial charge in [0.05, 0.1) is 30.4 Å². The lowest BCUT2D eigenvalue weighted by Gasteiger charge is -2.14.